The summed E-state index contributed by atoms with van der Waals surface area (Å²) in [4.78, 5) is 32.8. The number of hydrogen-bond donors (Lipinski definition) is 1. The first-order valence-corrected chi connectivity index (χ1v) is 6.53. The number of ketones is 2. The van der Waals surface area contributed by atoms with Crippen molar-refractivity contribution in [2.75, 3.05) is 5.75 Å². The first kappa shape index (κ1) is 15.2. The van der Waals surface area contributed by atoms with Crippen LogP contribution in [0.15, 0.2) is 21.7 Å². The summed E-state index contributed by atoms with van der Waals surface area (Å²) in [5.41, 5.74) is 0.279. The number of carboxylic acids is 1. The number of thioether (sulfide) groups is 1. The van der Waals surface area contributed by atoms with Crippen molar-refractivity contribution in [1.29, 1.82) is 0 Å². The molecule has 0 atom stereocenters. The molecule has 0 saturated carbocycles. The van der Waals surface area contributed by atoms with Crippen LogP contribution in [-0.2, 0) is 4.79 Å². The van der Waals surface area contributed by atoms with Crippen LogP contribution in [0, 0.1) is 0 Å². The molecule has 1 N–H and O–H groups in total. The largest absolute Gasteiger partial charge is 0.481 e. The normalized spacial score (nSPS) is 13.3. The second kappa shape index (κ2) is 6.89. The molecule has 2 rings (SSSR count). The van der Waals surface area contributed by atoms with E-state index in [1.807, 2.05) is 6.92 Å². The van der Waals surface area contributed by atoms with E-state index in [2.05, 4.69) is 5.16 Å². The maximum atomic E-state index is 11.8. The van der Waals surface area contributed by atoms with Crippen LogP contribution in [0.2, 0.25) is 0 Å². The molecule has 102 valence electrons. The van der Waals surface area contributed by atoms with E-state index in [1.54, 1.807) is 0 Å². The van der Waals surface area contributed by atoms with Crippen molar-refractivity contribution in [3.8, 4) is 0 Å². The number of carbonyl (C=O) groups excluding carboxylic acids is 2. The summed E-state index contributed by atoms with van der Waals surface area (Å²) in [6, 6.07) is 0. The molecular formula is C12H13NO5S. The lowest BCUT2D eigenvalue weighted by molar-refractivity contribution is -0.134. The fourth-order valence-corrected chi connectivity index (χ4v) is 2.14. The van der Waals surface area contributed by atoms with Gasteiger partial charge in [0.2, 0.25) is 17.3 Å². The lowest BCUT2D eigenvalue weighted by Crippen LogP contribution is -2.13. The molecule has 0 bridgehead atoms. The van der Waals surface area contributed by atoms with Gasteiger partial charge in [0, 0.05) is 13.0 Å². The smallest absolute Gasteiger partial charge is 0.300 e. The Kier molecular flexibility index (Phi) is 5.50. The van der Waals surface area contributed by atoms with Crippen LogP contribution in [0.1, 0.15) is 41.2 Å². The van der Waals surface area contributed by atoms with Gasteiger partial charge in [0.15, 0.2) is 0 Å². The number of fused-ring (bicyclic) bond motifs is 1. The van der Waals surface area contributed by atoms with Crippen molar-refractivity contribution in [2.45, 2.75) is 20.3 Å². The zero-order chi connectivity index (χ0) is 14.4. The summed E-state index contributed by atoms with van der Waals surface area (Å²) in [5.74, 6) is -0.392. The van der Waals surface area contributed by atoms with E-state index in [0.717, 1.165) is 19.1 Å². The minimum atomic E-state index is -0.833. The maximum Gasteiger partial charge on any atom is 0.300 e. The number of nitrogens with zero attached hydrogens (tertiary/aromatic N) is 1. The molecule has 1 aliphatic rings. The first-order valence-electron chi connectivity index (χ1n) is 5.55. The van der Waals surface area contributed by atoms with Gasteiger partial charge in [0.25, 0.3) is 5.97 Å². The predicted molar refractivity (Wildman–Crippen MR) is 69.3 cm³/mol. The van der Waals surface area contributed by atoms with Crippen molar-refractivity contribution >= 4 is 29.3 Å². The van der Waals surface area contributed by atoms with E-state index in [9.17, 15) is 9.59 Å². The Balaban J connectivity index is 0.000000399. The number of rotatable bonds is 3. The van der Waals surface area contributed by atoms with Crippen molar-refractivity contribution in [3.63, 3.8) is 0 Å². The van der Waals surface area contributed by atoms with E-state index in [1.165, 1.54) is 24.0 Å². The van der Waals surface area contributed by atoms with Gasteiger partial charge in [-0.25, -0.2) is 0 Å². The van der Waals surface area contributed by atoms with E-state index in [4.69, 9.17) is 14.4 Å². The molecule has 7 heteroatoms. The van der Waals surface area contributed by atoms with Crippen LogP contribution in [-0.4, -0.2) is 33.6 Å². The molecule has 0 aliphatic heterocycles. The van der Waals surface area contributed by atoms with Gasteiger partial charge in [-0.2, -0.15) is 0 Å². The van der Waals surface area contributed by atoms with Gasteiger partial charge in [-0.1, -0.05) is 12.1 Å². The standard InChI is InChI=1S/C10H9NO3S.C2H4O2/c1-2-3-15-8-4-7(12)10-6(9(8)13)5-11-14-10;1-2(3)4/h4-5H,2-3H2,1H3;1H3,(H,3,4). The molecule has 1 aromatic rings. The molecule has 0 aromatic carbocycles. The molecule has 19 heavy (non-hydrogen) atoms. The molecule has 1 aliphatic carbocycles. The zero-order valence-electron chi connectivity index (χ0n) is 10.5. The minimum Gasteiger partial charge on any atom is -0.481 e. The van der Waals surface area contributed by atoms with Gasteiger partial charge >= 0.3 is 0 Å². The fraction of sp³-hybridized carbons (Fsp3) is 0.333. The van der Waals surface area contributed by atoms with Crippen molar-refractivity contribution in [2.24, 2.45) is 0 Å². The molecule has 1 heterocycles. The summed E-state index contributed by atoms with van der Waals surface area (Å²) in [5, 5.41) is 10.9. The van der Waals surface area contributed by atoms with E-state index < -0.39 is 5.97 Å². The molecular weight excluding hydrogens is 270 g/mol. The van der Waals surface area contributed by atoms with Crippen LogP contribution in [0.5, 0.6) is 0 Å². The van der Waals surface area contributed by atoms with Crippen LogP contribution < -0.4 is 0 Å². The van der Waals surface area contributed by atoms with Crippen molar-refractivity contribution < 1.29 is 24.0 Å². The summed E-state index contributed by atoms with van der Waals surface area (Å²) in [7, 11) is 0. The Morgan fingerprint density at radius 1 is 1.47 bits per heavy atom. The quantitative estimate of drug-likeness (QED) is 0.907. The molecule has 0 fully saturated rings. The van der Waals surface area contributed by atoms with Crippen LogP contribution in [0.25, 0.3) is 0 Å². The van der Waals surface area contributed by atoms with Crippen molar-refractivity contribution in [1.82, 2.24) is 5.16 Å². The van der Waals surface area contributed by atoms with E-state index in [-0.39, 0.29) is 22.9 Å². The molecule has 1 aromatic heterocycles. The second-order valence-electron chi connectivity index (χ2n) is 3.64. The first-order chi connectivity index (χ1) is 8.97. The maximum absolute atomic E-state index is 11.8. The third kappa shape index (κ3) is 4.06. The molecule has 6 nitrogen and oxygen atoms in total. The Hall–Kier alpha value is -1.89. The van der Waals surface area contributed by atoms with Gasteiger partial charge in [-0.05, 0) is 12.2 Å². The average Bonchev–Trinajstić information content (AvgIpc) is 2.81. The van der Waals surface area contributed by atoms with Gasteiger partial charge in [-0.3, -0.25) is 14.4 Å². The molecule has 0 unspecified atom stereocenters. The summed E-state index contributed by atoms with van der Waals surface area (Å²) in [6.07, 6.45) is 3.59. The number of allylic oxidation sites excluding steroid dienone is 2. The number of hydrogen-bond acceptors (Lipinski definition) is 6. The SMILES string of the molecule is CC(=O)O.CCCSC1=CC(=O)c2oncc2C1=O. The highest BCUT2D eigenvalue weighted by Crippen LogP contribution is 2.28. The van der Waals surface area contributed by atoms with Gasteiger partial charge in [0.05, 0.1) is 16.7 Å². The zero-order valence-corrected chi connectivity index (χ0v) is 11.3. The Bertz CT molecular complexity index is 528. The summed E-state index contributed by atoms with van der Waals surface area (Å²) in [6.45, 7) is 3.10. The monoisotopic (exact) mass is 283 g/mol. The van der Waals surface area contributed by atoms with Gasteiger partial charge in [-0.15, -0.1) is 11.8 Å². The molecule has 0 amide bonds. The van der Waals surface area contributed by atoms with Gasteiger partial charge < -0.3 is 9.63 Å². The van der Waals surface area contributed by atoms with Crippen molar-refractivity contribution in [3.05, 3.63) is 28.5 Å². The minimum absolute atomic E-state index is 0.0563. The molecule has 0 saturated heterocycles. The average molecular weight is 283 g/mol. The highest BCUT2D eigenvalue weighted by Gasteiger charge is 2.29. The fourth-order valence-electron chi connectivity index (χ4n) is 1.28. The Morgan fingerprint density at radius 2 is 2.11 bits per heavy atom. The van der Waals surface area contributed by atoms with Gasteiger partial charge in [0.1, 0.15) is 0 Å². The summed E-state index contributed by atoms with van der Waals surface area (Å²) >= 11 is 1.40. The van der Waals surface area contributed by atoms with E-state index >= 15 is 0 Å². The molecule has 0 spiro atoms. The number of aromatic nitrogens is 1. The predicted octanol–water partition coefficient (Wildman–Crippen LogP) is 2.17. The Morgan fingerprint density at radius 3 is 2.68 bits per heavy atom. The van der Waals surface area contributed by atoms with E-state index in [0.29, 0.717) is 4.91 Å². The number of Topliss-reactive ketones (excluding diaryl/α,β-unsaturated/α-hetero) is 1. The lowest BCUT2D eigenvalue weighted by atomic mass is 10.0. The van der Waals surface area contributed by atoms with Crippen LogP contribution in [0.3, 0.4) is 0 Å². The number of aliphatic carboxylic acids is 1. The van der Waals surface area contributed by atoms with Crippen LogP contribution in [0.4, 0.5) is 0 Å². The Labute approximate surface area is 113 Å². The second-order valence-corrected chi connectivity index (χ2v) is 4.77. The number of carbonyl (C=O) groups is 3. The topological polar surface area (TPSA) is 97.5 Å². The number of carboxylic acid groups (broad SMARTS) is 1. The van der Waals surface area contributed by atoms with Crippen LogP contribution >= 0.6 is 11.8 Å². The molecule has 0 radical (unpaired) electrons. The highest BCUT2D eigenvalue weighted by atomic mass is 32.2. The summed E-state index contributed by atoms with van der Waals surface area (Å²) < 4.78 is 4.72. The third-order valence-corrected chi connectivity index (χ3v) is 3.21. The lowest BCUT2D eigenvalue weighted by Gasteiger charge is -2.08. The third-order valence-electron chi connectivity index (χ3n) is 1.99. The highest BCUT2D eigenvalue weighted by molar-refractivity contribution is 8.04.